The molecule has 1 aromatic rings. The van der Waals surface area contributed by atoms with Crippen molar-refractivity contribution in [3.05, 3.63) is 28.2 Å². The van der Waals surface area contributed by atoms with E-state index in [1.165, 1.54) is 0 Å². The lowest BCUT2D eigenvalue weighted by Gasteiger charge is -1.95. The standard InChI is InChI=1S/C8H5BrN2O/c9-4-1-2-6-5(3-4)7(12)8(10)11-6/h1-3H,(H2,10,11,12). The second-order valence-corrected chi connectivity index (χ2v) is 3.43. The second-order valence-electron chi connectivity index (χ2n) is 2.52. The topological polar surface area (TPSA) is 53.0 Å². The van der Waals surface area contributed by atoms with Gasteiger partial charge in [-0.05, 0) is 18.2 Å². The molecule has 0 aliphatic carbocycles. The van der Waals surface area contributed by atoms with Crippen LogP contribution in [0, 0.1) is 5.41 Å². The largest absolute Gasteiger partial charge is 0.337 e. The van der Waals surface area contributed by atoms with E-state index in [0.717, 1.165) is 4.47 Å². The molecule has 0 spiro atoms. The molecule has 60 valence electrons. The van der Waals surface area contributed by atoms with Crippen molar-refractivity contribution in [2.75, 3.05) is 5.32 Å². The quantitative estimate of drug-likeness (QED) is 0.709. The number of carbonyl (C=O) groups is 1. The number of anilines is 1. The lowest BCUT2D eigenvalue weighted by atomic mass is 10.1. The van der Waals surface area contributed by atoms with Gasteiger partial charge in [0.25, 0.3) is 0 Å². The summed E-state index contributed by atoms with van der Waals surface area (Å²) in [6, 6.07) is 5.32. The van der Waals surface area contributed by atoms with E-state index in [9.17, 15) is 4.79 Å². The molecular weight excluding hydrogens is 220 g/mol. The average Bonchev–Trinajstić information content (AvgIpc) is 2.31. The van der Waals surface area contributed by atoms with Crippen molar-refractivity contribution in [3.8, 4) is 0 Å². The monoisotopic (exact) mass is 224 g/mol. The summed E-state index contributed by atoms with van der Waals surface area (Å²) in [5.74, 6) is -0.297. The van der Waals surface area contributed by atoms with Crippen molar-refractivity contribution in [1.82, 2.24) is 0 Å². The molecule has 12 heavy (non-hydrogen) atoms. The third-order valence-electron chi connectivity index (χ3n) is 1.71. The van der Waals surface area contributed by atoms with E-state index in [1.807, 2.05) is 6.07 Å². The van der Waals surface area contributed by atoms with Crippen LogP contribution in [0.4, 0.5) is 5.69 Å². The Morgan fingerprint density at radius 3 is 2.92 bits per heavy atom. The summed E-state index contributed by atoms with van der Waals surface area (Å²) in [4.78, 5) is 11.2. The van der Waals surface area contributed by atoms with Crippen molar-refractivity contribution < 1.29 is 4.79 Å². The second kappa shape index (κ2) is 2.42. The van der Waals surface area contributed by atoms with E-state index in [1.54, 1.807) is 12.1 Å². The first kappa shape index (κ1) is 7.49. The molecule has 0 fully saturated rings. The molecule has 0 aromatic heterocycles. The van der Waals surface area contributed by atoms with Gasteiger partial charge in [0, 0.05) is 4.47 Å². The zero-order valence-electron chi connectivity index (χ0n) is 6.02. The fourth-order valence-electron chi connectivity index (χ4n) is 1.14. The molecule has 3 nitrogen and oxygen atoms in total. The summed E-state index contributed by atoms with van der Waals surface area (Å²) in [7, 11) is 0. The van der Waals surface area contributed by atoms with Crippen LogP contribution in [0.25, 0.3) is 0 Å². The lowest BCUT2D eigenvalue weighted by Crippen LogP contribution is -2.11. The molecule has 0 bridgehead atoms. The van der Waals surface area contributed by atoms with Gasteiger partial charge in [-0.3, -0.25) is 10.2 Å². The predicted molar refractivity (Wildman–Crippen MR) is 49.8 cm³/mol. The van der Waals surface area contributed by atoms with E-state index >= 15 is 0 Å². The first-order valence-corrected chi connectivity index (χ1v) is 4.17. The average molecular weight is 225 g/mol. The van der Waals surface area contributed by atoms with E-state index < -0.39 is 0 Å². The molecule has 0 saturated carbocycles. The molecule has 1 aliphatic heterocycles. The highest BCUT2D eigenvalue weighted by Crippen LogP contribution is 2.25. The van der Waals surface area contributed by atoms with Crippen molar-refractivity contribution in [2.45, 2.75) is 0 Å². The number of amidine groups is 1. The minimum absolute atomic E-state index is 0.0527. The van der Waals surface area contributed by atoms with Crippen LogP contribution in [0.2, 0.25) is 0 Å². The van der Waals surface area contributed by atoms with Gasteiger partial charge in [-0.2, -0.15) is 0 Å². The molecule has 1 heterocycles. The fraction of sp³-hybridized carbons (Fsp3) is 0. The molecule has 2 N–H and O–H groups in total. The predicted octanol–water partition coefficient (Wildman–Crippen LogP) is 2.03. The Morgan fingerprint density at radius 2 is 2.17 bits per heavy atom. The summed E-state index contributed by atoms with van der Waals surface area (Å²) >= 11 is 3.26. The summed E-state index contributed by atoms with van der Waals surface area (Å²) in [5.41, 5.74) is 1.28. The lowest BCUT2D eigenvalue weighted by molar-refractivity contribution is 0.106. The number of hydrogen-bond donors (Lipinski definition) is 2. The Bertz CT molecular complexity index is 387. The van der Waals surface area contributed by atoms with E-state index in [0.29, 0.717) is 11.3 Å². The molecule has 0 unspecified atom stereocenters. The summed E-state index contributed by atoms with van der Waals surface area (Å²) in [6.07, 6.45) is 0. The molecule has 0 amide bonds. The van der Waals surface area contributed by atoms with Gasteiger partial charge < -0.3 is 5.32 Å². The van der Waals surface area contributed by atoms with Crippen molar-refractivity contribution in [2.24, 2.45) is 0 Å². The number of carbonyl (C=O) groups excluding carboxylic acids is 1. The number of ketones is 1. The molecular formula is C8H5BrN2O. The van der Waals surface area contributed by atoms with Gasteiger partial charge in [0.1, 0.15) is 0 Å². The van der Waals surface area contributed by atoms with Gasteiger partial charge in [-0.1, -0.05) is 15.9 Å². The number of rotatable bonds is 0. The number of benzene rings is 1. The maximum absolute atomic E-state index is 11.2. The molecule has 1 aliphatic rings. The van der Waals surface area contributed by atoms with Crippen LogP contribution in [0.15, 0.2) is 22.7 Å². The zero-order valence-corrected chi connectivity index (χ0v) is 7.60. The van der Waals surface area contributed by atoms with Crippen LogP contribution < -0.4 is 5.32 Å². The molecule has 1 aromatic carbocycles. The van der Waals surface area contributed by atoms with Gasteiger partial charge in [0.05, 0.1) is 11.3 Å². The van der Waals surface area contributed by atoms with Crippen LogP contribution in [0.5, 0.6) is 0 Å². The Labute approximate surface area is 77.4 Å². The molecule has 4 heteroatoms. The van der Waals surface area contributed by atoms with Crippen LogP contribution in [-0.4, -0.2) is 11.6 Å². The SMILES string of the molecule is N=C1Nc2ccc(Br)cc2C1=O. The Morgan fingerprint density at radius 1 is 1.42 bits per heavy atom. The van der Waals surface area contributed by atoms with Crippen molar-refractivity contribution >= 4 is 33.2 Å². The van der Waals surface area contributed by atoms with Crippen LogP contribution in [0.1, 0.15) is 10.4 Å². The fourth-order valence-corrected chi connectivity index (χ4v) is 1.50. The Kier molecular flexibility index (Phi) is 1.51. The smallest absolute Gasteiger partial charge is 0.229 e. The first-order chi connectivity index (χ1) is 5.68. The molecule has 0 atom stereocenters. The zero-order chi connectivity index (χ0) is 8.72. The van der Waals surface area contributed by atoms with Gasteiger partial charge in [-0.25, -0.2) is 0 Å². The Hall–Kier alpha value is -1.16. The van der Waals surface area contributed by atoms with E-state index in [2.05, 4.69) is 21.2 Å². The number of Topliss-reactive ketones (excluding diaryl/α,β-unsaturated/α-hetero) is 1. The van der Waals surface area contributed by atoms with E-state index in [4.69, 9.17) is 5.41 Å². The normalized spacial score (nSPS) is 14.4. The molecule has 0 saturated heterocycles. The third kappa shape index (κ3) is 0.956. The highest BCUT2D eigenvalue weighted by Gasteiger charge is 2.24. The summed E-state index contributed by atoms with van der Waals surface area (Å²) in [5, 5.41) is 9.92. The van der Waals surface area contributed by atoms with Crippen LogP contribution in [0.3, 0.4) is 0 Å². The maximum Gasteiger partial charge on any atom is 0.229 e. The molecule has 2 rings (SSSR count). The highest BCUT2D eigenvalue weighted by molar-refractivity contribution is 9.10. The van der Waals surface area contributed by atoms with Crippen molar-refractivity contribution in [3.63, 3.8) is 0 Å². The molecule has 0 radical (unpaired) electrons. The van der Waals surface area contributed by atoms with E-state index in [-0.39, 0.29) is 11.6 Å². The van der Waals surface area contributed by atoms with Crippen LogP contribution in [-0.2, 0) is 0 Å². The van der Waals surface area contributed by atoms with Crippen LogP contribution >= 0.6 is 15.9 Å². The summed E-state index contributed by atoms with van der Waals surface area (Å²) < 4.78 is 0.853. The van der Waals surface area contributed by atoms with Gasteiger partial charge in [0.2, 0.25) is 5.78 Å². The number of halogens is 1. The number of nitrogens with one attached hydrogen (secondary N) is 2. The first-order valence-electron chi connectivity index (χ1n) is 3.38. The van der Waals surface area contributed by atoms with Gasteiger partial charge in [-0.15, -0.1) is 0 Å². The van der Waals surface area contributed by atoms with Gasteiger partial charge in [0.15, 0.2) is 5.84 Å². The number of hydrogen-bond acceptors (Lipinski definition) is 2. The maximum atomic E-state index is 11.2. The highest BCUT2D eigenvalue weighted by atomic mass is 79.9. The minimum atomic E-state index is -0.244. The van der Waals surface area contributed by atoms with Gasteiger partial charge >= 0.3 is 0 Å². The summed E-state index contributed by atoms with van der Waals surface area (Å²) in [6.45, 7) is 0. The third-order valence-corrected chi connectivity index (χ3v) is 2.21. The number of fused-ring (bicyclic) bond motifs is 1. The minimum Gasteiger partial charge on any atom is -0.337 e. The Balaban J connectivity index is 2.63. The van der Waals surface area contributed by atoms with Crippen molar-refractivity contribution in [1.29, 1.82) is 5.41 Å².